The number of rotatable bonds is 9. The van der Waals surface area contributed by atoms with Gasteiger partial charge in [-0.15, -0.1) is 0 Å². The minimum Gasteiger partial charge on any atom is -0.490 e. The summed E-state index contributed by atoms with van der Waals surface area (Å²) in [6.45, 7) is 11.3. The van der Waals surface area contributed by atoms with Gasteiger partial charge >= 0.3 is 0 Å². The molecule has 8 heteroatoms. The van der Waals surface area contributed by atoms with Gasteiger partial charge in [0.25, 0.3) is 5.91 Å². The molecule has 1 saturated heterocycles. The molecule has 3 rings (SSSR count). The van der Waals surface area contributed by atoms with Gasteiger partial charge in [0.15, 0.2) is 16.7 Å². The normalized spacial score (nSPS) is 16.2. The van der Waals surface area contributed by atoms with E-state index in [9.17, 15) is 4.79 Å². The number of halogens is 2. The van der Waals surface area contributed by atoms with Crippen LogP contribution in [0.1, 0.15) is 26.3 Å². The van der Waals surface area contributed by atoms with E-state index in [-0.39, 0.29) is 5.91 Å². The lowest BCUT2D eigenvalue weighted by Crippen LogP contribution is -2.32. The predicted molar refractivity (Wildman–Crippen MR) is 147 cm³/mol. The monoisotopic (exact) mass is 596 g/mol. The number of carbonyl (C=O) groups excluding carboxylic acids is 1. The highest BCUT2D eigenvalue weighted by Crippen LogP contribution is 2.38. The van der Waals surface area contributed by atoms with Gasteiger partial charge in [-0.1, -0.05) is 38.1 Å². The summed E-state index contributed by atoms with van der Waals surface area (Å²) < 4.78 is 12.5. The van der Waals surface area contributed by atoms with Crippen LogP contribution in [-0.2, 0) is 4.79 Å². The van der Waals surface area contributed by atoms with Crippen molar-refractivity contribution in [1.82, 2.24) is 4.90 Å². The molecular formula is C25H26ClIN2O3S. The summed E-state index contributed by atoms with van der Waals surface area (Å²) in [4.78, 5) is 20.3. The minimum atomic E-state index is -0.0543. The summed E-state index contributed by atoms with van der Waals surface area (Å²) in [5.41, 5.74) is 1.61. The fourth-order valence-electron chi connectivity index (χ4n) is 3.11. The van der Waals surface area contributed by atoms with Gasteiger partial charge in [-0.3, -0.25) is 9.69 Å². The molecule has 174 valence electrons. The molecule has 0 spiro atoms. The summed E-state index contributed by atoms with van der Waals surface area (Å²) in [6.07, 6.45) is 3.58. The van der Waals surface area contributed by atoms with Crippen molar-refractivity contribution in [1.29, 1.82) is 0 Å². The van der Waals surface area contributed by atoms with Crippen molar-refractivity contribution in [2.24, 2.45) is 10.9 Å². The Balaban J connectivity index is 1.97. The second kappa shape index (κ2) is 11.9. The Kier molecular flexibility index (Phi) is 9.28. The topological polar surface area (TPSA) is 51.1 Å². The fraction of sp³-hybridized carbons (Fsp3) is 0.280. The molecule has 0 bridgehead atoms. The fourth-order valence-corrected chi connectivity index (χ4v) is 5.03. The molecule has 1 heterocycles. The molecule has 0 N–H and O–H groups in total. The van der Waals surface area contributed by atoms with E-state index in [4.69, 9.17) is 26.1 Å². The summed E-state index contributed by atoms with van der Waals surface area (Å²) >= 11 is 9.59. The number of hydrogen-bond acceptors (Lipinski definition) is 5. The number of aliphatic imine (C=N–C) groups is 1. The van der Waals surface area contributed by atoms with Crippen LogP contribution in [0.5, 0.6) is 11.5 Å². The van der Waals surface area contributed by atoms with Crippen molar-refractivity contribution in [3.63, 3.8) is 0 Å². The molecule has 5 nitrogen and oxygen atoms in total. The lowest BCUT2D eigenvalue weighted by Gasteiger charge is -2.17. The third-order valence-electron chi connectivity index (χ3n) is 4.46. The third-order valence-corrected chi connectivity index (χ3v) is 6.52. The molecule has 1 aliphatic heterocycles. The maximum absolute atomic E-state index is 13.3. The molecule has 0 aromatic heterocycles. The maximum Gasteiger partial charge on any atom is 0.266 e. The van der Waals surface area contributed by atoms with Crippen LogP contribution in [0.4, 0.5) is 5.69 Å². The molecule has 0 aliphatic carbocycles. The second-order valence-corrected chi connectivity index (χ2v) is 10.3. The Morgan fingerprint density at radius 1 is 1.24 bits per heavy atom. The highest BCUT2D eigenvalue weighted by atomic mass is 127. The van der Waals surface area contributed by atoms with Gasteiger partial charge in [-0.05, 0) is 95.2 Å². The van der Waals surface area contributed by atoms with E-state index in [0.717, 1.165) is 14.8 Å². The van der Waals surface area contributed by atoms with Gasteiger partial charge in [-0.25, -0.2) is 4.99 Å². The molecule has 0 unspecified atom stereocenters. The zero-order chi connectivity index (χ0) is 24.0. The van der Waals surface area contributed by atoms with Gasteiger partial charge in [-0.2, -0.15) is 0 Å². The van der Waals surface area contributed by atoms with Crippen molar-refractivity contribution >= 4 is 68.8 Å². The van der Waals surface area contributed by atoms with Crippen LogP contribution < -0.4 is 9.47 Å². The predicted octanol–water partition coefficient (Wildman–Crippen LogP) is 7.17. The molecule has 33 heavy (non-hydrogen) atoms. The van der Waals surface area contributed by atoms with Gasteiger partial charge < -0.3 is 9.47 Å². The average Bonchev–Trinajstić information content (AvgIpc) is 3.03. The van der Waals surface area contributed by atoms with Crippen LogP contribution in [0.3, 0.4) is 0 Å². The molecule has 1 aliphatic rings. The summed E-state index contributed by atoms with van der Waals surface area (Å²) in [5, 5.41) is 1.31. The van der Waals surface area contributed by atoms with Crippen LogP contribution in [-0.4, -0.2) is 35.7 Å². The lowest BCUT2D eigenvalue weighted by molar-refractivity contribution is -0.122. The number of amidine groups is 1. The van der Waals surface area contributed by atoms with Gasteiger partial charge in [0.05, 0.1) is 20.8 Å². The standard InChI is InChI=1S/C25H26ClIN2O3S/c1-5-11-32-23-20(27)12-17(13-21(23)31-6-2)14-22-24(30)29(15-16(3)4)25(33-22)28-19-9-7-18(26)8-10-19/h5,7-10,12-14,16H,1,6,11,15H2,2-4H3/b22-14-,28-25?. The van der Waals surface area contributed by atoms with Crippen molar-refractivity contribution in [3.8, 4) is 11.5 Å². The highest BCUT2D eigenvalue weighted by Gasteiger charge is 2.33. The first-order valence-electron chi connectivity index (χ1n) is 10.6. The van der Waals surface area contributed by atoms with E-state index in [0.29, 0.717) is 52.3 Å². The van der Waals surface area contributed by atoms with Crippen LogP contribution in [0.25, 0.3) is 6.08 Å². The van der Waals surface area contributed by atoms with E-state index in [2.05, 4.69) is 43.0 Å². The zero-order valence-electron chi connectivity index (χ0n) is 18.8. The number of hydrogen-bond donors (Lipinski definition) is 0. The Morgan fingerprint density at radius 2 is 1.97 bits per heavy atom. The molecule has 0 radical (unpaired) electrons. The van der Waals surface area contributed by atoms with Crippen LogP contribution in [0.2, 0.25) is 5.02 Å². The average molecular weight is 597 g/mol. The molecule has 2 aromatic carbocycles. The lowest BCUT2D eigenvalue weighted by atomic mass is 10.1. The van der Waals surface area contributed by atoms with E-state index < -0.39 is 0 Å². The number of carbonyl (C=O) groups is 1. The van der Waals surface area contributed by atoms with E-state index in [1.54, 1.807) is 23.1 Å². The first-order valence-corrected chi connectivity index (χ1v) is 12.8. The van der Waals surface area contributed by atoms with Crippen LogP contribution in [0, 0.1) is 9.49 Å². The summed E-state index contributed by atoms with van der Waals surface area (Å²) in [7, 11) is 0. The van der Waals surface area contributed by atoms with Gasteiger partial charge in [0, 0.05) is 11.6 Å². The first-order chi connectivity index (χ1) is 15.8. The van der Waals surface area contributed by atoms with E-state index in [1.807, 2.05) is 37.3 Å². The number of nitrogens with zero attached hydrogens (tertiary/aromatic N) is 2. The highest BCUT2D eigenvalue weighted by molar-refractivity contribution is 14.1. The largest absolute Gasteiger partial charge is 0.490 e. The van der Waals surface area contributed by atoms with Gasteiger partial charge in [0.2, 0.25) is 0 Å². The van der Waals surface area contributed by atoms with Crippen LogP contribution in [0.15, 0.2) is 59.0 Å². The Labute approximate surface area is 218 Å². The molecule has 0 saturated carbocycles. The molecule has 1 fully saturated rings. The Bertz CT molecular complexity index is 1080. The quantitative estimate of drug-likeness (QED) is 0.175. The van der Waals surface area contributed by atoms with Crippen molar-refractivity contribution in [2.45, 2.75) is 20.8 Å². The number of amides is 1. The number of benzene rings is 2. The van der Waals surface area contributed by atoms with E-state index in [1.165, 1.54) is 11.8 Å². The summed E-state index contributed by atoms with van der Waals surface area (Å²) in [5.74, 6) is 1.57. The van der Waals surface area contributed by atoms with Gasteiger partial charge in [0.1, 0.15) is 6.61 Å². The van der Waals surface area contributed by atoms with Crippen molar-refractivity contribution in [3.05, 3.63) is 68.1 Å². The van der Waals surface area contributed by atoms with Crippen LogP contribution >= 0.6 is 46.0 Å². The number of ether oxygens (including phenoxy) is 2. The minimum absolute atomic E-state index is 0.0543. The SMILES string of the molecule is C=CCOc1c(I)cc(/C=C2\SC(=Nc3ccc(Cl)cc3)N(CC(C)C)C2=O)cc1OCC. The second-order valence-electron chi connectivity index (χ2n) is 7.65. The van der Waals surface area contributed by atoms with Crippen molar-refractivity contribution in [2.75, 3.05) is 19.8 Å². The molecule has 0 atom stereocenters. The first kappa shape index (κ1) is 25.6. The zero-order valence-corrected chi connectivity index (χ0v) is 22.5. The van der Waals surface area contributed by atoms with Crippen molar-refractivity contribution < 1.29 is 14.3 Å². The molecular weight excluding hydrogens is 571 g/mol. The number of thioether (sulfide) groups is 1. The Hall–Kier alpha value is -1.97. The van der Waals surface area contributed by atoms with E-state index >= 15 is 0 Å². The molecule has 1 amide bonds. The third kappa shape index (κ3) is 6.77. The smallest absolute Gasteiger partial charge is 0.266 e. The molecule has 2 aromatic rings. The summed E-state index contributed by atoms with van der Waals surface area (Å²) in [6, 6.07) is 11.1. The Morgan fingerprint density at radius 3 is 2.61 bits per heavy atom. The maximum atomic E-state index is 13.3.